The highest BCUT2D eigenvalue weighted by molar-refractivity contribution is 6.05. The summed E-state index contributed by atoms with van der Waals surface area (Å²) in [5.41, 5.74) is 10.3. The number of hydrogen-bond donors (Lipinski definition) is 5. The maximum Gasteiger partial charge on any atom is 0.323 e. The first kappa shape index (κ1) is 36.7. The molecule has 51 heavy (non-hydrogen) atoms. The minimum Gasteiger partial charge on any atom is -0.497 e. The molecule has 5 rings (SSSR count). The number of anilines is 4. The van der Waals surface area contributed by atoms with E-state index in [2.05, 4.69) is 20.9 Å². The molecule has 1 aliphatic heterocycles. The zero-order chi connectivity index (χ0) is 36.5. The Morgan fingerprint density at radius 1 is 1.00 bits per heavy atom. The van der Waals surface area contributed by atoms with Gasteiger partial charge < -0.3 is 41.2 Å². The van der Waals surface area contributed by atoms with E-state index in [-0.39, 0.29) is 42.9 Å². The van der Waals surface area contributed by atoms with Crippen molar-refractivity contribution in [3.05, 3.63) is 108 Å². The maximum atomic E-state index is 13.6. The normalized spacial score (nSPS) is 16.5. The van der Waals surface area contributed by atoms with Crippen LogP contribution >= 0.6 is 0 Å². The van der Waals surface area contributed by atoms with Crippen LogP contribution in [0.2, 0.25) is 0 Å². The van der Waals surface area contributed by atoms with Crippen molar-refractivity contribution in [1.29, 1.82) is 0 Å². The second kappa shape index (κ2) is 16.9. The molecule has 0 fully saturated rings. The maximum absolute atomic E-state index is 13.6. The molecule has 0 radical (unpaired) electrons. The van der Waals surface area contributed by atoms with E-state index in [0.717, 1.165) is 5.56 Å². The van der Waals surface area contributed by atoms with Crippen molar-refractivity contribution in [1.82, 2.24) is 9.80 Å². The van der Waals surface area contributed by atoms with E-state index in [1.54, 1.807) is 78.7 Å². The van der Waals surface area contributed by atoms with Crippen molar-refractivity contribution in [2.45, 2.75) is 39.0 Å². The van der Waals surface area contributed by atoms with Crippen molar-refractivity contribution in [2.75, 3.05) is 55.5 Å². The first-order valence-corrected chi connectivity index (χ1v) is 16.9. The fraction of sp³-hybridized carbons (Fsp3) is 0.308. The number of nitrogens with two attached hydrogens (primary N) is 1. The van der Waals surface area contributed by atoms with Gasteiger partial charge in [-0.15, -0.1) is 0 Å². The third kappa shape index (κ3) is 9.77. The molecule has 12 heteroatoms. The molecule has 1 aliphatic rings. The number of methoxy groups -OCH3 is 1. The lowest BCUT2D eigenvalue weighted by atomic mass is 10.0. The summed E-state index contributed by atoms with van der Waals surface area (Å²) in [6.07, 6.45) is -0.270. The molecule has 4 amide bonds. The molecule has 0 saturated heterocycles. The lowest BCUT2D eigenvalue weighted by molar-refractivity contribution is -0.134. The number of benzene rings is 4. The molecule has 0 spiro atoms. The van der Waals surface area contributed by atoms with Gasteiger partial charge in [0.15, 0.2) is 0 Å². The number of aliphatic hydroxyl groups is 1. The first-order chi connectivity index (χ1) is 24.5. The van der Waals surface area contributed by atoms with Crippen molar-refractivity contribution < 1.29 is 29.0 Å². The van der Waals surface area contributed by atoms with Crippen molar-refractivity contribution in [3.63, 3.8) is 0 Å². The monoisotopic (exact) mass is 694 g/mol. The van der Waals surface area contributed by atoms with Crippen molar-refractivity contribution >= 4 is 40.6 Å². The van der Waals surface area contributed by atoms with Crippen LogP contribution in [-0.2, 0) is 17.8 Å². The predicted molar refractivity (Wildman–Crippen MR) is 199 cm³/mol. The number of para-hydroxylation sites is 2. The van der Waals surface area contributed by atoms with E-state index < -0.39 is 6.03 Å². The number of rotatable bonds is 11. The van der Waals surface area contributed by atoms with Crippen LogP contribution in [0.4, 0.5) is 27.5 Å². The van der Waals surface area contributed by atoms with Crippen molar-refractivity contribution in [2.24, 2.45) is 5.92 Å². The van der Waals surface area contributed by atoms with Crippen LogP contribution in [0, 0.1) is 5.92 Å². The number of ether oxygens (including phenoxy) is 2. The molecule has 6 N–H and O–H groups in total. The number of nitrogens with zero attached hydrogens (tertiary/aromatic N) is 2. The highest BCUT2D eigenvalue weighted by atomic mass is 16.5. The summed E-state index contributed by atoms with van der Waals surface area (Å²) in [6, 6.07) is 26.0. The van der Waals surface area contributed by atoms with Gasteiger partial charge in [0.05, 0.1) is 37.6 Å². The molecule has 3 atom stereocenters. The summed E-state index contributed by atoms with van der Waals surface area (Å²) < 4.78 is 11.8. The molecule has 4 aromatic carbocycles. The third-order valence-corrected chi connectivity index (χ3v) is 8.89. The van der Waals surface area contributed by atoms with Gasteiger partial charge in [0, 0.05) is 48.1 Å². The predicted octanol–water partition coefficient (Wildman–Crippen LogP) is 5.45. The Balaban J connectivity index is 1.28. The van der Waals surface area contributed by atoms with Gasteiger partial charge in [-0.05, 0) is 86.3 Å². The Hall–Kier alpha value is -5.59. The largest absolute Gasteiger partial charge is 0.497 e. The van der Waals surface area contributed by atoms with Gasteiger partial charge in [-0.25, -0.2) is 4.79 Å². The Bertz CT molecular complexity index is 1820. The number of carbonyl (C=O) groups excluding carboxylic acids is 3. The summed E-state index contributed by atoms with van der Waals surface area (Å²) in [6.45, 7) is 5.23. The van der Waals surface area contributed by atoms with E-state index in [1.807, 2.05) is 45.2 Å². The average molecular weight is 695 g/mol. The molecule has 0 aliphatic carbocycles. The van der Waals surface area contributed by atoms with Gasteiger partial charge in [-0.2, -0.15) is 0 Å². The van der Waals surface area contributed by atoms with Crippen LogP contribution in [-0.4, -0.2) is 78.8 Å². The van der Waals surface area contributed by atoms with E-state index in [9.17, 15) is 19.5 Å². The molecule has 12 nitrogen and oxygen atoms in total. The fourth-order valence-electron chi connectivity index (χ4n) is 5.94. The smallest absolute Gasteiger partial charge is 0.323 e. The van der Waals surface area contributed by atoms with Gasteiger partial charge in [0.2, 0.25) is 5.91 Å². The Morgan fingerprint density at radius 2 is 1.69 bits per heavy atom. The topological polar surface area (TPSA) is 158 Å². The molecule has 268 valence electrons. The number of likely N-dealkylation sites (N-methyl/N-ethyl adjacent to an activating group) is 1. The molecule has 0 saturated carbocycles. The third-order valence-electron chi connectivity index (χ3n) is 8.89. The molecule has 0 aromatic heterocycles. The van der Waals surface area contributed by atoms with Crippen molar-refractivity contribution in [3.8, 4) is 11.5 Å². The quantitative estimate of drug-likeness (QED) is 0.130. The number of carbonyl (C=O) groups is 3. The minimum absolute atomic E-state index is 0.0430. The van der Waals surface area contributed by atoms with Crippen LogP contribution in [0.25, 0.3) is 0 Å². The number of aliphatic hydroxyl groups excluding tert-OH is 1. The number of urea groups is 1. The van der Waals surface area contributed by atoms with E-state index >= 15 is 0 Å². The second-order valence-electron chi connectivity index (χ2n) is 13.0. The average Bonchev–Trinajstić information content (AvgIpc) is 3.16. The lowest BCUT2D eigenvalue weighted by Crippen LogP contribution is -2.47. The van der Waals surface area contributed by atoms with E-state index in [1.165, 1.54) is 0 Å². The SMILES string of the molecule is COc1ccc(NC(=O)Nc2ccc3c(c2)CC(=O)N([C@@H](C)CO)C[C@H](C)[C@@H](CN(C)Cc2ccc(C(=O)Nc4ccccc4N)cc2)O3)cc1. The van der Waals surface area contributed by atoms with Crippen LogP contribution in [0.5, 0.6) is 11.5 Å². The van der Waals surface area contributed by atoms with Gasteiger partial charge in [-0.1, -0.05) is 31.2 Å². The highest BCUT2D eigenvalue weighted by Gasteiger charge is 2.31. The zero-order valence-corrected chi connectivity index (χ0v) is 29.4. The minimum atomic E-state index is -0.436. The van der Waals surface area contributed by atoms with Crippen LogP contribution in [0.15, 0.2) is 91.0 Å². The second-order valence-corrected chi connectivity index (χ2v) is 13.0. The summed E-state index contributed by atoms with van der Waals surface area (Å²) in [5.74, 6) is 0.772. The molecular weight excluding hydrogens is 648 g/mol. The molecule has 0 bridgehead atoms. The van der Waals surface area contributed by atoms with Gasteiger partial charge >= 0.3 is 6.03 Å². The molecule has 1 heterocycles. The van der Waals surface area contributed by atoms with Crippen LogP contribution < -0.4 is 31.2 Å². The van der Waals surface area contributed by atoms with Crippen LogP contribution in [0.1, 0.15) is 35.3 Å². The van der Waals surface area contributed by atoms with Gasteiger partial charge in [0.25, 0.3) is 5.91 Å². The zero-order valence-electron chi connectivity index (χ0n) is 29.4. The summed E-state index contributed by atoms with van der Waals surface area (Å²) >= 11 is 0. The molecular formula is C39H46N6O6. The number of nitrogen functional groups attached to an aromatic ring is 1. The Kier molecular flexibility index (Phi) is 12.1. The van der Waals surface area contributed by atoms with E-state index in [0.29, 0.717) is 65.0 Å². The Morgan fingerprint density at radius 3 is 2.37 bits per heavy atom. The van der Waals surface area contributed by atoms with Gasteiger partial charge in [-0.3, -0.25) is 14.5 Å². The number of nitrogens with one attached hydrogen (secondary N) is 3. The summed E-state index contributed by atoms with van der Waals surface area (Å²) in [7, 11) is 3.57. The standard InChI is InChI=1S/C39H46N6O6/c1-25-21-45(26(2)24-46)37(47)20-29-19-31(42-39(49)41-30-13-16-32(50-4)17-14-30)15-18-35(29)51-36(25)23-44(3)22-27-9-11-28(12-10-27)38(48)43-34-8-6-5-7-33(34)40/h5-19,25-26,36,46H,20-24,40H2,1-4H3,(H,43,48)(H2,41,42,49)/t25-,26-,36+/m0/s1. The molecule has 4 aromatic rings. The van der Waals surface area contributed by atoms with E-state index in [4.69, 9.17) is 15.2 Å². The Labute approximate surface area is 298 Å². The van der Waals surface area contributed by atoms with Crippen LogP contribution in [0.3, 0.4) is 0 Å². The summed E-state index contributed by atoms with van der Waals surface area (Å²) in [4.78, 5) is 43.1. The number of fused-ring (bicyclic) bond motifs is 1. The van der Waals surface area contributed by atoms with Gasteiger partial charge in [0.1, 0.15) is 17.6 Å². The lowest BCUT2D eigenvalue weighted by Gasteiger charge is -2.34. The fourth-order valence-corrected chi connectivity index (χ4v) is 5.94. The summed E-state index contributed by atoms with van der Waals surface area (Å²) in [5, 5.41) is 18.5. The first-order valence-electron chi connectivity index (χ1n) is 16.9. The highest BCUT2D eigenvalue weighted by Crippen LogP contribution is 2.30. The number of amides is 4. The molecule has 0 unspecified atom stereocenters. The number of hydrogen-bond acceptors (Lipinski definition) is 8.